The number of nitrogens with two attached hydrogens (primary N) is 1. The summed E-state index contributed by atoms with van der Waals surface area (Å²) in [6.45, 7) is 2.18. The van der Waals surface area contributed by atoms with Crippen LogP contribution in [0.3, 0.4) is 0 Å². The second kappa shape index (κ2) is 5.90. The Morgan fingerprint density at radius 2 is 2.15 bits per heavy atom. The molecule has 1 heterocycles. The molecule has 0 bridgehead atoms. The fraction of sp³-hybridized carbons (Fsp3) is 0.308. The molecular weight excluding hydrogens is 294 g/mol. The Labute approximate surface area is 123 Å². The van der Waals surface area contributed by atoms with Crippen LogP contribution in [0.5, 0.6) is 0 Å². The molecule has 2 N–H and O–H groups in total. The van der Waals surface area contributed by atoms with Gasteiger partial charge in [0, 0.05) is 18.1 Å². The highest BCUT2D eigenvalue weighted by molar-refractivity contribution is 7.88. The highest BCUT2D eigenvalue weighted by atomic mass is 32.2. The lowest BCUT2D eigenvalue weighted by atomic mass is 10.2. The molecule has 0 radical (unpaired) electrons. The van der Waals surface area contributed by atoms with E-state index >= 15 is 0 Å². The van der Waals surface area contributed by atoms with Gasteiger partial charge in [-0.15, -0.1) is 11.3 Å². The SMILES string of the molecule is Cc1nc(CN(C)S(=O)(=O)Cc2cccc(N)c2)cs1. The second-order valence-electron chi connectivity index (χ2n) is 4.62. The molecule has 0 aliphatic rings. The zero-order valence-electron chi connectivity index (χ0n) is 11.4. The molecule has 0 aliphatic carbocycles. The van der Waals surface area contributed by atoms with Crippen LogP contribution in [0, 0.1) is 6.92 Å². The lowest BCUT2D eigenvalue weighted by Crippen LogP contribution is -2.27. The molecule has 0 aliphatic heterocycles. The zero-order chi connectivity index (χ0) is 14.8. The maximum absolute atomic E-state index is 12.3. The van der Waals surface area contributed by atoms with E-state index in [-0.39, 0.29) is 12.3 Å². The normalized spacial score (nSPS) is 11.9. The topological polar surface area (TPSA) is 76.3 Å². The molecule has 108 valence electrons. The fourth-order valence-electron chi connectivity index (χ4n) is 1.81. The highest BCUT2D eigenvalue weighted by Gasteiger charge is 2.19. The van der Waals surface area contributed by atoms with Crippen LogP contribution in [0.4, 0.5) is 5.69 Å². The number of hydrogen-bond acceptors (Lipinski definition) is 5. The van der Waals surface area contributed by atoms with Crippen LogP contribution >= 0.6 is 11.3 Å². The molecule has 0 saturated heterocycles. The molecule has 7 heteroatoms. The fourth-order valence-corrected chi connectivity index (χ4v) is 3.56. The minimum atomic E-state index is -3.38. The summed E-state index contributed by atoms with van der Waals surface area (Å²) in [7, 11) is -1.81. The van der Waals surface area contributed by atoms with E-state index in [4.69, 9.17) is 5.73 Å². The number of rotatable bonds is 5. The van der Waals surface area contributed by atoms with Crippen LogP contribution in [0.2, 0.25) is 0 Å². The molecule has 0 amide bonds. The molecule has 0 spiro atoms. The van der Waals surface area contributed by atoms with E-state index < -0.39 is 10.0 Å². The standard InChI is InChI=1S/C13H17N3O2S2/c1-10-15-13(8-19-10)7-16(2)20(17,18)9-11-4-3-5-12(14)6-11/h3-6,8H,7,9,14H2,1-2H3. The van der Waals surface area contributed by atoms with E-state index in [0.29, 0.717) is 11.3 Å². The predicted octanol–water partition coefficient (Wildman–Crippen LogP) is 2.00. The zero-order valence-corrected chi connectivity index (χ0v) is 13.0. The van der Waals surface area contributed by atoms with Gasteiger partial charge in [-0.2, -0.15) is 4.31 Å². The summed E-state index contributed by atoms with van der Waals surface area (Å²) in [5.74, 6) is -0.0579. The quantitative estimate of drug-likeness (QED) is 0.857. The van der Waals surface area contributed by atoms with E-state index in [9.17, 15) is 8.42 Å². The maximum Gasteiger partial charge on any atom is 0.218 e. The maximum atomic E-state index is 12.3. The highest BCUT2D eigenvalue weighted by Crippen LogP contribution is 2.16. The number of sulfonamides is 1. The number of anilines is 1. The summed E-state index contributed by atoms with van der Waals surface area (Å²) in [6, 6.07) is 6.93. The predicted molar refractivity (Wildman–Crippen MR) is 81.8 cm³/mol. The van der Waals surface area contributed by atoms with Gasteiger partial charge in [0.15, 0.2) is 0 Å². The number of thiazole rings is 1. The number of hydrogen-bond donors (Lipinski definition) is 1. The largest absolute Gasteiger partial charge is 0.399 e. The molecule has 0 saturated carbocycles. The van der Waals surface area contributed by atoms with Crippen LogP contribution < -0.4 is 5.73 Å². The van der Waals surface area contributed by atoms with Crippen molar-refractivity contribution in [2.75, 3.05) is 12.8 Å². The van der Waals surface area contributed by atoms with E-state index in [1.165, 1.54) is 15.6 Å². The Morgan fingerprint density at radius 3 is 2.75 bits per heavy atom. The summed E-state index contributed by atoms with van der Waals surface area (Å²) >= 11 is 1.51. The van der Waals surface area contributed by atoms with Gasteiger partial charge < -0.3 is 5.73 Å². The molecule has 1 aromatic carbocycles. The molecule has 0 unspecified atom stereocenters. The molecule has 2 aromatic rings. The van der Waals surface area contributed by atoms with Gasteiger partial charge in [0.05, 0.1) is 23.0 Å². The van der Waals surface area contributed by atoms with Crippen LogP contribution in [0.1, 0.15) is 16.3 Å². The van der Waals surface area contributed by atoms with Crippen LogP contribution in [0.15, 0.2) is 29.6 Å². The number of nitrogens with zero attached hydrogens (tertiary/aromatic N) is 2. The summed E-state index contributed by atoms with van der Waals surface area (Å²) in [5.41, 5.74) is 7.68. The molecule has 1 aromatic heterocycles. The van der Waals surface area contributed by atoms with Crippen LogP contribution in [-0.4, -0.2) is 24.8 Å². The van der Waals surface area contributed by atoms with Crippen molar-refractivity contribution in [3.63, 3.8) is 0 Å². The molecule has 0 atom stereocenters. The van der Waals surface area contributed by atoms with Gasteiger partial charge in [-0.1, -0.05) is 12.1 Å². The molecule has 20 heavy (non-hydrogen) atoms. The van der Waals surface area contributed by atoms with Crippen molar-refractivity contribution >= 4 is 27.0 Å². The van der Waals surface area contributed by atoms with Gasteiger partial charge in [-0.05, 0) is 24.6 Å². The van der Waals surface area contributed by atoms with E-state index in [1.807, 2.05) is 12.3 Å². The summed E-state index contributed by atoms with van der Waals surface area (Å²) in [4.78, 5) is 4.28. The number of aromatic nitrogens is 1. The summed E-state index contributed by atoms with van der Waals surface area (Å²) in [5, 5.41) is 2.81. The van der Waals surface area contributed by atoms with Crippen molar-refractivity contribution < 1.29 is 8.42 Å². The first-order valence-corrected chi connectivity index (χ1v) is 8.55. The monoisotopic (exact) mass is 311 g/mol. The first-order chi connectivity index (χ1) is 9.37. The Bertz CT molecular complexity index is 695. The van der Waals surface area contributed by atoms with Crippen molar-refractivity contribution in [2.24, 2.45) is 0 Å². The van der Waals surface area contributed by atoms with Gasteiger partial charge in [-0.3, -0.25) is 0 Å². The van der Waals surface area contributed by atoms with Gasteiger partial charge in [0.25, 0.3) is 0 Å². The first-order valence-electron chi connectivity index (χ1n) is 6.06. The molecule has 2 rings (SSSR count). The Morgan fingerprint density at radius 1 is 1.40 bits per heavy atom. The summed E-state index contributed by atoms with van der Waals surface area (Å²) in [6.07, 6.45) is 0. The minimum Gasteiger partial charge on any atom is -0.399 e. The smallest absolute Gasteiger partial charge is 0.218 e. The van der Waals surface area contributed by atoms with E-state index in [2.05, 4.69) is 4.98 Å². The van der Waals surface area contributed by atoms with Crippen LogP contribution in [0.25, 0.3) is 0 Å². The molecular formula is C13H17N3O2S2. The van der Waals surface area contributed by atoms with Crippen molar-refractivity contribution in [3.05, 3.63) is 45.9 Å². The Hall–Kier alpha value is -1.44. The van der Waals surface area contributed by atoms with Crippen molar-refractivity contribution in [1.29, 1.82) is 0 Å². The van der Waals surface area contributed by atoms with Gasteiger partial charge in [-0.25, -0.2) is 13.4 Å². The average molecular weight is 311 g/mol. The van der Waals surface area contributed by atoms with Gasteiger partial charge in [0.2, 0.25) is 10.0 Å². The first kappa shape index (κ1) is 15.0. The van der Waals surface area contributed by atoms with Gasteiger partial charge >= 0.3 is 0 Å². The summed E-state index contributed by atoms with van der Waals surface area (Å²) < 4.78 is 25.9. The number of benzene rings is 1. The molecule has 5 nitrogen and oxygen atoms in total. The third-order valence-corrected chi connectivity index (χ3v) is 5.43. The second-order valence-corrected chi connectivity index (χ2v) is 7.75. The third kappa shape index (κ3) is 3.78. The average Bonchev–Trinajstić information content (AvgIpc) is 2.74. The third-order valence-electron chi connectivity index (χ3n) is 2.83. The molecule has 0 fully saturated rings. The Balaban J connectivity index is 2.09. The van der Waals surface area contributed by atoms with E-state index in [1.54, 1.807) is 31.3 Å². The van der Waals surface area contributed by atoms with Gasteiger partial charge in [0.1, 0.15) is 0 Å². The van der Waals surface area contributed by atoms with Crippen LogP contribution in [-0.2, 0) is 22.3 Å². The number of aryl methyl sites for hydroxylation is 1. The van der Waals surface area contributed by atoms with Crippen molar-refractivity contribution in [3.8, 4) is 0 Å². The Kier molecular flexibility index (Phi) is 4.42. The van der Waals surface area contributed by atoms with Crippen molar-refractivity contribution in [2.45, 2.75) is 19.2 Å². The minimum absolute atomic E-state index is 0.0579. The van der Waals surface area contributed by atoms with Crippen molar-refractivity contribution in [1.82, 2.24) is 9.29 Å². The lowest BCUT2D eigenvalue weighted by Gasteiger charge is -2.16. The van der Waals surface area contributed by atoms with E-state index in [0.717, 1.165) is 10.7 Å². The number of nitrogen functional groups attached to an aromatic ring is 1. The lowest BCUT2D eigenvalue weighted by molar-refractivity contribution is 0.462.